The van der Waals surface area contributed by atoms with Crippen molar-refractivity contribution in [3.05, 3.63) is 47.4 Å². The standard InChI is InChI=1S/C11H8N3O/c12-8-13-14(15)11-7-3-5-9-4-1-2-6-10(9)11/h1-7H,(H,13,15)/q+1. The Morgan fingerprint density at radius 3 is 2.67 bits per heavy atom. The van der Waals surface area contributed by atoms with Gasteiger partial charge in [-0.1, -0.05) is 30.3 Å². The van der Waals surface area contributed by atoms with E-state index in [2.05, 4.69) is 0 Å². The van der Waals surface area contributed by atoms with E-state index in [9.17, 15) is 4.91 Å². The average molecular weight is 198 g/mol. The molecule has 1 N–H and O–H groups in total. The third kappa shape index (κ3) is 1.63. The molecule has 2 aromatic rings. The quantitative estimate of drug-likeness (QED) is 0.348. The zero-order valence-electron chi connectivity index (χ0n) is 7.84. The van der Waals surface area contributed by atoms with Gasteiger partial charge in [-0.15, -0.1) is 0 Å². The van der Waals surface area contributed by atoms with Crippen LogP contribution in [-0.4, -0.2) is 4.87 Å². The average Bonchev–Trinajstić information content (AvgIpc) is 2.28. The molecule has 0 aliphatic carbocycles. The van der Waals surface area contributed by atoms with E-state index < -0.39 is 0 Å². The Balaban J connectivity index is 2.62. The van der Waals surface area contributed by atoms with E-state index in [0.717, 1.165) is 10.8 Å². The van der Waals surface area contributed by atoms with E-state index >= 15 is 0 Å². The number of hydrazine groups is 1. The van der Waals surface area contributed by atoms with E-state index in [-0.39, 0.29) is 0 Å². The number of rotatable bonds is 2. The molecule has 0 aliphatic heterocycles. The summed E-state index contributed by atoms with van der Waals surface area (Å²) in [7, 11) is 0. The van der Waals surface area contributed by atoms with Gasteiger partial charge in [0.15, 0.2) is 4.87 Å². The molecule has 0 atom stereocenters. The molecule has 0 spiro atoms. The van der Waals surface area contributed by atoms with Crippen molar-refractivity contribution in [3.63, 3.8) is 0 Å². The topological polar surface area (TPSA) is 55.9 Å². The molecule has 72 valence electrons. The minimum absolute atomic E-state index is 0.439. The van der Waals surface area contributed by atoms with Gasteiger partial charge in [0, 0.05) is 6.07 Å². The van der Waals surface area contributed by atoms with E-state index in [1.165, 1.54) is 0 Å². The molecule has 0 heterocycles. The first-order chi connectivity index (χ1) is 7.33. The second-order valence-electron chi connectivity index (χ2n) is 3.02. The largest absolute Gasteiger partial charge is 0.300 e. The Kier molecular flexibility index (Phi) is 2.30. The molecule has 0 radical (unpaired) electrons. The van der Waals surface area contributed by atoms with Crippen molar-refractivity contribution in [1.29, 1.82) is 5.26 Å². The Morgan fingerprint density at radius 1 is 1.13 bits per heavy atom. The Labute approximate surface area is 86.3 Å². The summed E-state index contributed by atoms with van der Waals surface area (Å²) < 4.78 is 0. The van der Waals surface area contributed by atoms with Crippen molar-refractivity contribution in [2.75, 3.05) is 0 Å². The van der Waals surface area contributed by atoms with Crippen LogP contribution in [0.4, 0.5) is 5.69 Å². The van der Waals surface area contributed by atoms with Crippen molar-refractivity contribution in [1.82, 2.24) is 5.43 Å². The Morgan fingerprint density at radius 2 is 1.87 bits per heavy atom. The van der Waals surface area contributed by atoms with Crippen LogP contribution < -0.4 is 5.43 Å². The van der Waals surface area contributed by atoms with Gasteiger partial charge in [0.1, 0.15) is 0 Å². The van der Waals surface area contributed by atoms with Gasteiger partial charge < -0.3 is 0 Å². The SMILES string of the molecule is N#CN[N+](=O)c1cccc2ccccc12. The van der Waals surface area contributed by atoms with Crippen molar-refractivity contribution in [2.45, 2.75) is 0 Å². The smallest absolute Gasteiger partial charge is 0.167 e. The Hall–Kier alpha value is -2.41. The van der Waals surface area contributed by atoms with Crippen molar-refractivity contribution in [2.24, 2.45) is 0 Å². The maximum atomic E-state index is 11.4. The van der Waals surface area contributed by atoms with Crippen LogP contribution >= 0.6 is 0 Å². The normalized spacial score (nSPS) is 9.53. The second kappa shape index (κ2) is 3.76. The maximum absolute atomic E-state index is 11.4. The molecule has 0 amide bonds. The Bertz CT molecular complexity index is 552. The summed E-state index contributed by atoms with van der Waals surface area (Å²) in [6.07, 6.45) is 1.59. The highest BCUT2D eigenvalue weighted by Crippen LogP contribution is 2.23. The van der Waals surface area contributed by atoms with Crippen LogP contribution in [0.5, 0.6) is 0 Å². The van der Waals surface area contributed by atoms with Crippen LogP contribution in [0.3, 0.4) is 0 Å². The molecule has 0 saturated heterocycles. The summed E-state index contributed by atoms with van der Waals surface area (Å²) >= 11 is 0. The van der Waals surface area contributed by atoms with Crippen LogP contribution in [0.1, 0.15) is 0 Å². The summed E-state index contributed by atoms with van der Waals surface area (Å²) in [4.78, 5) is 11.9. The van der Waals surface area contributed by atoms with E-state index in [0.29, 0.717) is 10.6 Å². The number of fused-ring (bicyclic) bond motifs is 1. The van der Waals surface area contributed by atoms with Crippen LogP contribution in [0, 0.1) is 16.4 Å². The van der Waals surface area contributed by atoms with E-state index in [1.54, 1.807) is 18.3 Å². The number of nitroso groups, excluding NO2 is 1. The van der Waals surface area contributed by atoms with Crippen LogP contribution in [0.15, 0.2) is 42.5 Å². The highest BCUT2D eigenvalue weighted by molar-refractivity contribution is 5.90. The minimum Gasteiger partial charge on any atom is -0.167 e. The first kappa shape index (κ1) is 9.16. The van der Waals surface area contributed by atoms with Crippen LogP contribution in [0.25, 0.3) is 10.8 Å². The van der Waals surface area contributed by atoms with Gasteiger partial charge in [-0.3, -0.25) is 0 Å². The van der Waals surface area contributed by atoms with Gasteiger partial charge in [-0.25, -0.2) is 0 Å². The molecule has 0 saturated carbocycles. The fraction of sp³-hybridized carbons (Fsp3) is 0. The number of nitrogens with one attached hydrogen (secondary N) is 1. The lowest BCUT2D eigenvalue weighted by Gasteiger charge is -1.96. The van der Waals surface area contributed by atoms with Crippen LogP contribution in [-0.2, 0) is 0 Å². The third-order valence-corrected chi connectivity index (χ3v) is 2.14. The predicted octanol–water partition coefficient (Wildman–Crippen LogP) is 2.24. The highest BCUT2D eigenvalue weighted by Gasteiger charge is 2.16. The predicted molar refractivity (Wildman–Crippen MR) is 56.0 cm³/mol. The molecule has 4 heteroatoms. The van der Waals surface area contributed by atoms with Gasteiger partial charge in [0.05, 0.1) is 10.3 Å². The molecule has 2 rings (SSSR count). The lowest BCUT2D eigenvalue weighted by atomic mass is 10.1. The second-order valence-corrected chi connectivity index (χ2v) is 3.02. The van der Waals surface area contributed by atoms with Crippen molar-refractivity contribution < 1.29 is 4.87 Å². The van der Waals surface area contributed by atoms with Gasteiger partial charge in [0.2, 0.25) is 6.19 Å². The molecule has 4 nitrogen and oxygen atoms in total. The minimum atomic E-state index is 0.439. The summed E-state index contributed by atoms with van der Waals surface area (Å²) in [5.41, 5.74) is 2.48. The van der Waals surface area contributed by atoms with Gasteiger partial charge in [-0.2, -0.15) is 5.26 Å². The lowest BCUT2D eigenvalue weighted by Crippen LogP contribution is -2.16. The highest BCUT2D eigenvalue weighted by atomic mass is 16.3. The van der Waals surface area contributed by atoms with E-state index in [1.807, 2.05) is 35.8 Å². The molecule has 0 aromatic heterocycles. The van der Waals surface area contributed by atoms with Gasteiger partial charge in [-0.05, 0) is 16.9 Å². The zero-order chi connectivity index (χ0) is 10.7. The third-order valence-electron chi connectivity index (χ3n) is 2.14. The summed E-state index contributed by atoms with van der Waals surface area (Å²) in [5, 5.41) is 10.2. The molecule has 2 aromatic carbocycles. The molecular formula is C11H8N3O+. The number of hydrogen-bond donors (Lipinski definition) is 1. The maximum Gasteiger partial charge on any atom is 0.300 e. The van der Waals surface area contributed by atoms with Gasteiger partial charge >= 0.3 is 5.69 Å². The zero-order valence-corrected chi connectivity index (χ0v) is 7.84. The molecule has 0 aliphatic rings. The van der Waals surface area contributed by atoms with Crippen molar-refractivity contribution >= 4 is 16.5 Å². The first-order valence-electron chi connectivity index (χ1n) is 4.42. The van der Waals surface area contributed by atoms with E-state index in [4.69, 9.17) is 5.26 Å². The summed E-state index contributed by atoms with van der Waals surface area (Å²) in [6, 6.07) is 12.9. The summed E-state index contributed by atoms with van der Waals surface area (Å²) in [6.45, 7) is 0. The van der Waals surface area contributed by atoms with Crippen molar-refractivity contribution in [3.8, 4) is 6.19 Å². The lowest BCUT2D eigenvalue weighted by molar-refractivity contribution is -0.512. The van der Waals surface area contributed by atoms with Crippen LogP contribution in [0.2, 0.25) is 0 Å². The fourth-order valence-corrected chi connectivity index (χ4v) is 1.49. The molecule has 0 unspecified atom stereocenters. The number of benzene rings is 2. The number of nitrogens with zero attached hydrogens (tertiary/aromatic N) is 2. The molecule has 0 fully saturated rings. The number of nitriles is 1. The molecule has 0 bridgehead atoms. The van der Waals surface area contributed by atoms with Gasteiger partial charge in [0.25, 0.3) is 0 Å². The summed E-state index contributed by atoms with van der Waals surface area (Å²) in [5.74, 6) is 0. The molecule has 15 heavy (non-hydrogen) atoms. The first-order valence-corrected chi connectivity index (χ1v) is 4.42. The number of hydrogen-bond acceptors (Lipinski definition) is 2. The fourth-order valence-electron chi connectivity index (χ4n) is 1.49. The monoisotopic (exact) mass is 198 g/mol. The molecular weight excluding hydrogens is 190 g/mol.